The first-order valence-electron chi connectivity index (χ1n) is 5.47. The number of hydrogen-bond acceptors (Lipinski definition) is 1. The van der Waals surface area contributed by atoms with Crippen molar-refractivity contribution >= 4 is 19.4 Å². The van der Waals surface area contributed by atoms with Crippen molar-refractivity contribution in [3.63, 3.8) is 0 Å². The molecule has 0 fully saturated rings. The van der Waals surface area contributed by atoms with Crippen LogP contribution in [-0.4, -0.2) is 13.9 Å². The van der Waals surface area contributed by atoms with Crippen LogP contribution in [-0.2, 0) is 4.79 Å². The average molecular weight is 228 g/mol. The number of rotatable bonds is 2. The summed E-state index contributed by atoms with van der Waals surface area (Å²) in [5.74, 6) is 0.179. The molecule has 0 heterocycles. The third kappa shape index (κ3) is 1.59. The van der Waals surface area contributed by atoms with Gasteiger partial charge in [0, 0.05) is 5.57 Å². The highest BCUT2D eigenvalue weighted by Crippen LogP contribution is 2.41. The first-order valence-corrected chi connectivity index (χ1v) is 8.97. The number of Topliss-reactive ketones (excluding diaryl/α,β-unsaturated/α-hetero) is 1. The van der Waals surface area contributed by atoms with Crippen LogP contribution in [0.1, 0.15) is 5.56 Å². The van der Waals surface area contributed by atoms with E-state index >= 15 is 0 Å². The van der Waals surface area contributed by atoms with Gasteiger partial charge in [-0.05, 0) is 16.3 Å². The molecule has 0 aliphatic heterocycles. The highest BCUT2D eigenvalue weighted by atomic mass is 28.3. The van der Waals surface area contributed by atoms with Crippen molar-refractivity contribution < 1.29 is 4.79 Å². The maximum absolute atomic E-state index is 11.9. The molecule has 1 nitrogen and oxygen atoms in total. The number of hydrogen-bond donors (Lipinski definition) is 0. The lowest BCUT2D eigenvalue weighted by atomic mass is 9.85. The van der Waals surface area contributed by atoms with Gasteiger partial charge in [0.15, 0.2) is 5.78 Å². The predicted octanol–water partition coefficient (Wildman–Crippen LogP) is 3.46. The van der Waals surface area contributed by atoms with Gasteiger partial charge in [0.2, 0.25) is 0 Å². The monoisotopic (exact) mass is 228 g/mol. The molecule has 0 radical (unpaired) electrons. The van der Waals surface area contributed by atoms with Crippen LogP contribution in [0.5, 0.6) is 0 Å². The molecule has 16 heavy (non-hydrogen) atoms. The average Bonchev–Trinajstić information content (AvgIpc) is 2.23. The lowest BCUT2D eigenvalue weighted by molar-refractivity contribution is -0.112. The zero-order chi connectivity index (χ0) is 11.9. The Morgan fingerprint density at radius 3 is 2.12 bits per heavy atom. The van der Waals surface area contributed by atoms with E-state index in [0.29, 0.717) is 5.57 Å². The van der Waals surface area contributed by atoms with Gasteiger partial charge in [0.25, 0.3) is 0 Å². The Labute approximate surface area is 97.5 Å². The molecular formula is C14H16OSi. The number of carbonyl (C=O) groups excluding carboxylic acids is 1. The maximum atomic E-state index is 11.9. The highest BCUT2D eigenvalue weighted by Gasteiger charge is 2.39. The summed E-state index contributed by atoms with van der Waals surface area (Å²) in [4.78, 5) is 11.9. The van der Waals surface area contributed by atoms with Gasteiger partial charge in [-0.25, -0.2) is 0 Å². The molecule has 1 aliphatic carbocycles. The van der Waals surface area contributed by atoms with Crippen molar-refractivity contribution in [1.82, 2.24) is 0 Å². The van der Waals surface area contributed by atoms with Crippen molar-refractivity contribution in [2.45, 2.75) is 19.6 Å². The maximum Gasteiger partial charge on any atom is 0.185 e. The van der Waals surface area contributed by atoms with E-state index in [2.05, 4.69) is 26.2 Å². The molecule has 82 valence electrons. The van der Waals surface area contributed by atoms with Crippen molar-refractivity contribution in [1.29, 1.82) is 0 Å². The fourth-order valence-electron chi connectivity index (χ4n) is 2.11. The van der Waals surface area contributed by atoms with E-state index < -0.39 is 8.07 Å². The van der Waals surface area contributed by atoms with Crippen LogP contribution in [0.3, 0.4) is 0 Å². The third-order valence-corrected chi connectivity index (χ3v) is 4.84. The molecular weight excluding hydrogens is 212 g/mol. The molecule has 0 bridgehead atoms. The van der Waals surface area contributed by atoms with E-state index in [1.807, 2.05) is 30.3 Å². The molecule has 0 spiro atoms. The second-order valence-electron chi connectivity index (χ2n) is 5.17. The summed E-state index contributed by atoms with van der Waals surface area (Å²) < 4.78 is 0. The standard InChI is InChI=1S/C14H16OSi/c1-10-12(11-8-6-5-7-9-11)14(13(10)15)16(2,3)4/h5-9H,1H2,2-4H3. The number of allylic oxidation sites excluding steroid dienone is 3. The third-order valence-electron chi connectivity index (χ3n) is 2.87. The Balaban J connectivity index is 2.59. The van der Waals surface area contributed by atoms with Crippen molar-refractivity contribution in [2.75, 3.05) is 0 Å². The van der Waals surface area contributed by atoms with Crippen LogP contribution in [0.25, 0.3) is 5.57 Å². The van der Waals surface area contributed by atoms with E-state index in [-0.39, 0.29) is 5.78 Å². The second kappa shape index (κ2) is 3.56. The number of ketones is 1. The van der Waals surface area contributed by atoms with E-state index in [0.717, 1.165) is 16.3 Å². The topological polar surface area (TPSA) is 17.1 Å². The van der Waals surface area contributed by atoms with Crippen molar-refractivity contribution in [2.24, 2.45) is 0 Å². The van der Waals surface area contributed by atoms with E-state index in [9.17, 15) is 4.79 Å². The van der Waals surface area contributed by atoms with Crippen LogP contribution >= 0.6 is 0 Å². The Kier molecular flexibility index (Phi) is 2.47. The minimum Gasteiger partial charge on any atom is -0.289 e. The lowest BCUT2D eigenvalue weighted by Gasteiger charge is -2.33. The Morgan fingerprint density at radius 2 is 1.62 bits per heavy atom. The molecule has 0 saturated carbocycles. The van der Waals surface area contributed by atoms with Crippen molar-refractivity contribution in [3.05, 3.63) is 53.2 Å². The molecule has 0 aromatic heterocycles. The van der Waals surface area contributed by atoms with E-state index in [1.165, 1.54) is 0 Å². The van der Waals surface area contributed by atoms with Crippen LogP contribution in [0.4, 0.5) is 0 Å². The summed E-state index contributed by atoms with van der Waals surface area (Å²) in [6, 6.07) is 10.1. The van der Waals surface area contributed by atoms with Crippen LogP contribution in [0.2, 0.25) is 19.6 Å². The molecule has 0 unspecified atom stereocenters. The highest BCUT2D eigenvalue weighted by molar-refractivity contribution is 6.91. The normalized spacial score (nSPS) is 16.4. The molecule has 0 N–H and O–H groups in total. The van der Waals surface area contributed by atoms with Gasteiger partial charge in [-0.3, -0.25) is 4.79 Å². The fraction of sp³-hybridized carbons (Fsp3) is 0.214. The van der Waals surface area contributed by atoms with Crippen LogP contribution in [0, 0.1) is 0 Å². The van der Waals surface area contributed by atoms with Crippen LogP contribution < -0.4 is 0 Å². The molecule has 0 atom stereocenters. The van der Waals surface area contributed by atoms with Gasteiger partial charge in [0.1, 0.15) is 0 Å². The molecule has 2 heteroatoms. The molecule has 1 aromatic rings. The van der Waals surface area contributed by atoms with E-state index in [1.54, 1.807) is 0 Å². The predicted molar refractivity (Wildman–Crippen MR) is 70.9 cm³/mol. The largest absolute Gasteiger partial charge is 0.289 e. The Hall–Kier alpha value is -1.41. The fourth-order valence-corrected chi connectivity index (χ4v) is 3.98. The summed E-state index contributed by atoms with van der Waals surface area (Å²) in [7, 11) is -1.56. The minimum atomic E-state index is -1.56. The van der Waals surface area contributed by atoms with Crippen LogP contribution in [0.15, 0.2) is 47.7 Å². The summed E-state index contributed by atoms with van der Waals surface area (Å²) >= 11 is 0. The van der Waals surface area contributed by atoms with Gasteiger partial charge in [-0.15, -0.1) is 0 Å². The first kappa shape index (κ1) is 11.1. The quantitative estimate of drug-likeness (QED) is 0.559. The molecule has 0 saturated heterocycles. The van der Waals surface area contributed by atoms with Gasteiger partial charge in [0.05, 0.1) is 8.07 Å². The summed E-state index contributed by atoms with van der Waals surface area (Å²) in [5, 5.41) is 1.05. The summed E-state index contributed by atoms with van der Waals surface area (Å²) in [6.45, 7) is 10.5. The second-order valence-corrected chi connectivity index (χ2v) is 10.2. The molecule has 1 aliphatic rings. The van der Waals surface area contributed by atoms with Gasteiger partial charge >= 0.3 is 0 Å². The molecule has 0 amide bonds. The Bertz CT molecular complexity index is 489. The molecule has 1 aromatic carbocycles. The smallest absolute Gasteiger partial charge is 0.185 e. The molecule has 2 rings (SSSR count). The SMILES string of the molecule is C=C1C(=O)C([Si](C)(C)C)=C1c1ccccc1. The Morgan fingerprint density at radius 1 is 1.06 bits per heavy atom. The van der Waals surface area contributed by atoms with Crippen molar-refractivity contribution in [3.8, 4) is 0 Å². The first-order chi connectivity index (χ1) is 7.43. The minimum absolute atomic E-state index is 0.179. The lowest BCUT2D eigenvalue weighted by Crippen LogP contribution is -2.37. The zero-order valence-electron chi connectivity index (χ0n) is 10.0. The summed E-state index contributed by atoms with van der Waals surface area (Å²) in [5.41, 5.74) is 2.91. The van der Waals surface area contributed by atoms with Gasteiger partial charge in [-0.2, -0.15) is 0 Å². The number of carbonyl (C=O) groups is 1. The summed E-state index contributed by atoms with van der Waals surface area (Å²) in [6.07, 6.45) is 0. The number of benzene rings is 1. The van der Waals surface area contributed by atoms with Gasteiger partial charge < -0.3 is 0 Å². The van der Waals surface area contributed by atoms with E-state index in [4.69, 9.17) is 0 Å². The van der Waals surface area contributed by atoms with Gasteiger partial charge in [-0.1, -0.05) is 56.6 Å². The zero-order valence-corrected chi connectivity index (χ0v) is 11.0.